The van der Waals surface area contributed by atoms with E-state index in [1.807, 2.05) is 30.3 Å². The maximum Gasteiger partial charge on any atom is 0.335 e. The van der Waals surface area contributed by atoms with E-state index in [9.17, 15) is 30.0 Å². The summed E-state index contributed by atoms with van der Waals surface area (Å²) in [4.78, 5) is 22.8. The van der Waals surface area contributed by atoms with Crippen molar-refractivity contribution in [3.8, 4) is 0 Å². The molecule has 9 nitrogen and oxygen atoms in total. The lowest BCUT2D eigenvalue weighted by Gasteiger charge is -2.37. The second kappa shape index (κ2) is 9.06. The van der Waals surface area contributed by atoms with Crippen molar-refractivity contribution in [2.75, 3.05) is 0 Å². The Hall–Kier alpha value is -2.04. The fraction of sp³-hybridized carbons (Fsp3) is 0.529. The van der Waals surface area contributed by atoms with Gasteiger partial charge in [-0.15, -0.1) is 0 Å². The molecule has 9 heteroatoms. The first kappa shape index (κ1) is 20.3. The number of aliphatic carboxylic acids is 1. The van der Waals surface area contributed by atoms with Gasteiger partial charge in [0, 0.05) is 6.42 Å². The van der Waals surface area contributed by atoms with Crippen LogP contribution in [-0.4, -0.2) is 74.3 Å². The normalized spacial score (nSPS) is 29.8. The summed E-state index contributed by atoms with van der Waals surface area (Å²) in [5.41, 5.74) is 0.904. The molecule has 0 radical (unpaired) electrons. The van der Waals surface area contributed by atoms with Crippen molar-refractivity contribution in [2.24, 2.45) is 0 Å². The standard InChI is InChI=1S/C17H22O9/c18-10(8-9-4-2-1-3-5-9)6-7-11(19)25-17-14(22)12(20)13(21)15(26-17)16(23)24/h1-5,10,12-15,17-18,20-22H,6-8H2,(H,23,24). The van der Waals surface area contributed by atoms with E-state index < -0.39 is 48.7 Å². The topological polar surface area (TPSA) is 154 Å². The van der Waals surface area contributed by atoms with Gasteiger partial charge in [0.25, 0.3) is 0 Å². The van der Waals surface area contributed by atoms with Crippen LogP contribution in [0.25, 0.3) is 0 Å². The Morgan fingerprint density at radius 1 is 1.08 bits per heavy atom. The molecule has 1 aromatic rings. The minimum Gasteiger partial charge on any atom is -0.479 e. The molecule has 144 valence electrons. The first-order valence-electron chi connectivity index (χ1n) is 8.13. The van der Waals surface area contributed by atoms with Gasteiger partial charge in [-0.25, -0.2) is 4.79 Å². The molecule has 1 saturated heterocycles. The van der Waals surface area contributed by atoms with Crippen LogP contribution in [0.15, 0.2) is 30.3 Å². The van der Waals surface area contributed by atoms with E-state index in [1.54, 1.807) is 0 Å². The van der Waals surface area contributed by atoms with Gasteiger partial charge in [0.2, 0.25) is 6.29 Å². The van der Waals surface area contributed by atoms with Crippen molar-refractivity contribution >= 4 is 11.9 Å². The molecule has 0 spiro atoms. The van der Waals surface area contributed by atoms with Crippen molar-refractivity contribution in [3.05, 3.63) is 35.9 Å². The Kier molecular flexibility index (Phi) is 7.06. The number of carboxylic acids is 1. The zero-order valence-electron chi connectivity index (χ0n) is 13.8. The van der Waals surface area contributed by atoms with Gasteiger partial charge in [-0.1, -0.05) is 30.3 Å². The number of carbonyl (C=O) groups excluding carboxylic acids is 1. The fourth-order valence-electron chi connectivity index (χ4n) is 2.61. The zero-order valence-corrected chi connectivity index (χ0v) is 13.8. The molecule has 1 aliphatic rings. The Morgan fingerprint density at radius 2 is 1.73 bits per heavy atom. The third-order valence-electron chi connectivity index (χ3n) is 4.06. The van der Waals surface area contributed by atoms with E-state index in [4.69, 9.17) is 14.6 Å². The molecule has 1 aromatic carbocycles. The molecule has 6 atom stereocenters. The smallest absolute Gasteiger partial charge is 0.335 e. The molecule has 0 saturated carbocycles. The summed E-state index contributed by atoms with van der Waals surface area (Å²) in [6.45, 7) is 0. The molecular weight excluding hydrogens is 348 g/mol. The maximum absolute atomic E-state index is 11.9. The quantitative estimate of drug-likeness (QED) is 0.373. The molecule has 0 bridgehead atoms. The van der Waals surface area contributed by atoms with Crippen LogP contribution in [0.1, 0.15) is 18.4 Å². The third-order valence-corrected chi connectivity index (χ3v) is 4.06. The van der Waals surface area contributed by atoms with Crippen molar-refractivity contribution in [1.29, 1.82) is 0 Å². The summed E-state index contributed by atoms with van der Waals surface area (Å²) in [7, 11) is 0. The van der Waals surface area contributed by atoms with Gasteiger partial charge in [0.05, 0.1) is 6.10 Å². The molecule has 1 fully saturated rings. The van der Waals surface area contributed by atoms with Crippen LogP contribution in [0.2, 0.25) is 0 Å². The van der Waals surface area contributed by atoms with Gasteiger partial charge in [0.15, 0.2) is 6.10 Å². The van der Waals surface area contributed by atoms with E-state index in [0.717, 1.165) is 5.56 Å². The van der Waals surface area contributed by atoms with Gasteiger partial charge < -0.3 is 35.0 Å². The van der Waals surface area contributed by atoms with Crippen LogP contribution in [0.3, 0.4) is 0 Å². The summed E-state index contributed by atoms with van der Waals surface area (Å²) >= 11 is 0. The number of ether oxygens (including phenoxy) is 2. The molecular formula is C17H22O9. The highest BCUT2D eigenvalue weighted by molar-refractivity contribution is 5.73. The van der Waals surface area contributed by atoms with Gasteiger partial charge in [-0.3, -0.25) is 4.79 Å². The first-order valence-corrected chi connectivity index (χ1v) is 8.13. The SMILES string of the molecule is O=C(CCC(O)Cc1ccccc1)OC1OC(C(=O)O)C(O)C(O)C1O. The summed E-state index contributed by atoms with van der Waals surface area (Å²) < 4.78 is 9.70. The Bertz CT molecular complexity index is 606. The highest BCUT2D eigenvalue weighted by Gasteiger charge is 2.48. The average molecular weight is 370 g/mol. The van der Waals surface area contributed by atoms with Gasteiger partial charge in [-0.05, 0) is 18.4 Å². The molecule has 26 heavy (non-hydrogen) atoms. The zero-order chi connectivity index (χ0) is 19.3. The van der Waals surface area contributed by atoms with Crippen LogP contribution >= 0.6 is 0 Å². The van der Waals surface area contributed by atoms with E-state index in [1.165, 1.54) is 0 Å². The maximum atomic E-state index is 11.9. The van der Waals surface area contributed by atoms with Crippen LogP contribution < -0.4 is 0 Å². The number of carboxylic acid groups (broad SMARTS) is 1. The number of benzene rings is 1. The second-order valence-corrected chi connectivity index (χ2v) is 6.11. The molecule has 1 heterocycles. The predicted molar refractivity (Wildman–Crippen MR) is 85.8 cm³/mol. The van der Waals surface area contributed by atoms with Crippen molar-refractivity contribution < 1.29 is 44.6 Å². The molecule has 0 amide bonds. The molecule has 2 rings (SSSR count). The number of carbonyl (C=O) groups is 2. The Morgan fingerprint density at radius 3 is 2.35 bits per heavy atom. The van der Waals surface area contributed by atoms with Crippen LogP contribution in [0, 0.1) is 0 Å². The Balaban J connectivity index is 1.83. The highest BCUT2D eigenvalue weighted by atomic mass is 16.7. The molecule has 0 aromatic heterocycles. The van der Waals surface area contributed by atoms with Gasteiger partial charge in [0.1, 0.15) is 18.3 Å². The number of aliphatic hydroxyl groups excluding tert-OH is 4. The summed E-state index contributed by atoms with van der Waals surface area (Å²) in [6, 6.07) is 9.19. The summed E-state index contributed by atoms with van der Waals surface area (Å²) in [5, 5.41) is 47.9. The minimum atomic E-state index is -1.86. The number of rotatable bonds is 7. The van der Waals surface area contributed by atoms with E-state index in [-0.39, 0.29) is 12.8 Å². The molecule has 5 N–H and O–H groups in total. The molecule has 1 aliphatic heterocycles. The van der Waals surface area contributed by atoms with E-state index in [0.29, 0.717) is 6.42 Å². The Labute approximate surface area is 149 Å². The molecule has 0 aliphatic carbocycles. The van der Waals surface area contributed by atoms with Gasteiger partial charge in [-0.2, -0.15) is 0 Å². The highest BCUT2D eigenvalue weighted by Crippen LogP contribution is 2.23. The van der Waals surface area contributed by atoms with Crippen molar-refractivity contribution in [2.45, 2.75) is 56.1 Å². The van der Waals surface area contributed by atoms with Crippen molar-refractivity contribution in [3.63, 3.8) is 0 Å². The number of esters is 1. The second-order valence-electron chi connectivity index (χ2n) is 6.11. The first-order chi connectivity index (χ1) is 12.3. The lowest BCUT2D eigenvalue weighted by Crippen LogP contribution is -2.60. The van der Waals surface area contributed by atoms with Crippen molar-refractivity contribution in [1.82, 2.24) is 0 Å². The number of hydrogen-bond acceptors (Lipinski definition) is 8. The largest absolute Gasteiger partial charge is 0.479 e. The third kappa shape index (κ3) is 5.23. The monoisotopic (exact) mass is 370 g/mol. The summed E-state index contributed by atoms with van der Waals surface area (Å²) in [5.74, 6) is -2.41. The minimum absolute atomic E-state index is 0.0874. The summed E-state index contributed by atoms with van der Waals surface area (Å²) in [6.07, 6.45) is -9.61. The lowest BCUT2D eigenvalue weighted by molar-refractivity contribution is -0.286. The van der Waals surface area contributed by atoms with E-state index >= 15 is 0 Å². The fourth-order valence-corrected chi connectivity index (χ4v) is 2.61. The number of hydrogen-bond donors (Lipinski definition) is 5. The molecule has 6 unspecified atom stereocenters. The predicted octanol–water partition coefficient (Wildman–Crippen LogP) is -1.19. The van der Waals surface area contributed by atoms with Crippen LogP contribution in [-0.2, 0) is 25.5 Å². The van der Waals surface area contributed by atoms with Crippen LogP contribution in [0.4, 0.5) is 0 Å². The average Bonchev–Trinajstić information content (AvgIpc) is 2.61. The van der Waals surface area contributed by atoms with Gasteiger partial charge >= 0.3 is 11.9 Å². The number of aliphatic hydroxyl groups is 4. The van der Waals surface area contributed by atoms with Crippen LogP contribution in [0.5, 0.6) is 0 Å². The lowest BCUT2D eigenvalue weighted by atomic mass is 9.99. The van der Waals surface area contributed by atoms with E-state index in [2.05, 4.69) is 0 Å².